The lowest BCUT2D eigenvalue weighted by Gasteiger charge is -2.28. The van der Waals surface area contributed by atoms with Crippen molar-refractivity contribution in [3.63, 3.8) is 0 Å². The Morgan fingerprint density at radius 3 is 1.53 bits per heavy atom. The third kappa shape index (κ3) is 7.91. The van der Waals surface area contributed by atoms with E-state index in [2.05, 4.69) is 6.58 Å². The summed E-state index contributed by atoms with van der Waals surface area (Å²) >= 11 is 0. The minimum absolute atomic E-state index is 0.0683. The fourth-order valence-corrected chi connectivity index (χ4v) is 4.87. The number of carbonyl (C=O) groups excluding carboxylic acids is 4. The number of esters is 4. The van der Waals surface area contributed by atoms with E-state index in [1.165, 1.54) is 39.8 Å². The lowest BCUT2D eigenvalue weighted by molar-refractivity contribution is -0.168. The summed E-state index contributed by atoms with van der Waals surface area (Å²) < 4.78 is 47.0. The van der Waals surface area contributed by atoms with Crippen LogP contribution in [0.3, 0.4) is 0 Å². The Balaban J connectivity index is 3.72. The van der Waals surface area contributed by atoms with Gasteiger partial charge in [-0.15, -0.1) is 0 Å². The molecule has 0 radical (unpaired) electrons. The number of carbonyl (C=O) groups is 4. The van der Waals surface area contributed by atoms with Gasteiger partial charge in [-0.05, 0) is 53.2 Å². The van der Waals surface area contributed by atoms with Crippen LogP contribution in [0.1, 0.15) is 39.7 Å². The Morgan fingerprint density at radius 1 is 0.750 bits per heavy atom. The summed E-state index contributed by atoms with van der Waals surface area (Å²) in [6, 6.07) is 5.85. The molecule has 0 heterocycles. The maximum Gasteiger partial charge on any atom is 0.320 e. The smallest absolute Gasteiger partial charge is 0.320 e. The molecule has 0 saturated carbocycles. The van der Waals surface area contributed by atoms with Crippen molar-refractivity contribution in [2.24, 2.45) is 17.8 Å². The molecule has 0 aliphatic rings. The van der Waals surface area contributed by atoms with Crippen molar-refractivity contribution >= 4 is 33.7 Å². The summed E-state index contributed by atoms with van der Waals surface area (Å²) in [6.07, 6.45) is -0.621. The number of benzene rings is 1. The maximum atomic E-state index is 13.5. The molecule has 0 bridgehead atoms. The molecule has 0 aromatic heterocycles. The Morgan fingerprint density at radius 2 is 1.14 bits per heavy atom. The molecule has 0 spiro atoms. The molecule has 0 aliphatic carbocycles. The third-order valence-electron chi connectivity index (χ3n) is 5.21. The first-order valence-corrected chi connectivity index (χ1v) is 13.1. The van der Waals surface area contributed by atoms with Crippen molar-refractivity contribution in [3.8, 4) is 0 Å². The Labute approximate surface area is 211 Å². The van der Waals surface area contributed by atoms with E-state index < -0.39 is 62.8 Å². The van der Waals surface area contributed by atoms with Crippen molar-refractivity contribution in [2.45, 2.75) is 45.9 Å². The Kier molecular flexibility index (Phi) is 12.3. The van der Waals surface area contributed by atoms with Crippen LogP contribution in [0.15, 0.2) is 40.6 Å². The maximum absolute atomic E-state index is 13.5. The fourth-order valence-electron chi connectivity index (χ4n) is 3.44. The van der Waals surface area contributed by atoms with E-state index >= 15 is 0 Å². The van der Waals surface area contributed by atoms with Crippen LogP contribution in [0.2, 0.25) is 0 Å². The molecule has 0 N–H and O–H groups in total. The van der Waals surface area contributed by atoms with Gasteiger partial charge in [-0.25, -0.2) is 8.42 Å². The van der Waals surface area contributed by atoms with Gasteiger partial charge < -0.3 is 18.9 Å². The van der Waals surface area contributed by atoms with Crippen LogP contribution >= 0.6 is 0 Å². The number of hydrogen-bond donors (Lipinski definition) is 0. The monoisotopic (exact) mass is 526 g/mol. The SMILES string of the molecule is C=C(C(CC(C(=O)OCC)C(=O)OCC)C(C(=O)OCC)C(=O)OCC)S(=O)(=O)c1ccc(C)cc1. The van der Waals surface area contributed by atoms with Gasteiger partial charge in [-0.3, -0.25) is 19.2 Å². The number of ether oxygens (including phenoxy) is 4. The summed E-state index contributed by atoms with van der Waals surface area (Å²) in [5.74, 6) is -9.16. The quantitative estimate of drug-likeness (QED) is 0.202. The lowest BCUT2D eigenvalue weighted by Crippen LogP contribution is -2.40. The molecular formula is C25H34O10S. The molecule has 1 rings (SSSR count). The van der Waals surface area contributed by atoms with E-state index in [4.69, 9.17) is 18.9 Å². The molecule has 0 fully saturated rings. The van der Waals surface area contributed by atoms with Gasteiger partial charge in [0.15, 0.2) is 11.8 Å². The zero-order valence-corrected chi connectivity index (χ0v) is 22.1. The van der Waals surface area contributed by atoms with Gasteiger partial charge in [-0.1, -0.05) is 24.3 Å². The van der Waals surface area contributed by atoms with Gasteiger partial charge >= 0.3 is 23.9 Å². The highest BCUT2D eigenvalue weighted by atomic mass is 32.2. The van der Waals surface area contributed by atoms with Crippen LogP contribution in [0.5, 0.6) is 0 Å². The Bertz CT molecular complexity index is 1010. The largest absolute Gasteiger partial charge is 0.465 e. The zero-order valence-electron chi connectivity index (χ0n) is 21.3. The van der Waals surface area contributed by atoms with Crippen molar-refractivity contribution in [3.05, 3.63) is 41.3 Å². The molecule has 0 aliphatic heterocycles. The van der Waals surface area contributed by atoms with Crippen molar-refractivity contribution < 1.29 is 46.5 Å². The van der Waals surface area contributed by atoms with E-state index in [0.717, 1.165) is 5.56 Å². The van der Waals surface area contributed by atoms with Gasteiger partial charge in [0.05, 0.1) is 31.3 Å². The number of allylic oxidation sites excluding steroid dienone is 1. The highest BCUT2D eigenvalue weighted by Gasteiger charge is 2.46. The molecule has 1 aromatic carbocycles. The topological polar surface area (TPSA) is 139 Å². The first kappa shape index (κ1) is 30.8. The minimum Gasteiger partial charge on any atom is -0.465 e. The second-order valence-corrected chi connectivity index (χ2v) is 9.67. The van der Waals surface area contributed by atoms with Crippen molar-refractivity contribution in [2.75, 3.05) is 26.4 Å². The van der Waals surface area contributed by atoms with Gasteiger partial charge in [-0.2, -0.15) is 0 Å². The normalized spacial score (nSPS) is 12.1. The van der Waals surface area contributed by atoms with Gasteiger partial charge in [0, 0.05) is 10.8 Å². The molecule has 1 unspecified atom stereocenters. The first-order chi connectivity index (χ1) is 17.0. The van der Waals surface area contributed by atoms with Crippen LogP contribution in [0.25, 0.3) is 0 Å². The van der Waals surface area contributed by atoms with E-state index in [-0.39, 0.29) is 31.3 Å². The van der Waals surface area contributed by atoms with Crippen molar-refractivity contribution in [1.29, 1.82) is 0 Å². The molecule has 0 amide bonds. The molecule has 1 aromatic rings. The van der Waals surface area contributed by atoms with Gasteiger partial charge in [0.1, 0.15) is 0 Å². The average molecular weight is 527 g/mol. The van der Waals surface area contributed by atoms with Crippen LogP contribution in [-0.2, 0) is 48.0 Å². The number of aryl methyl sites for hydroxylation is 1. The summed E-state index contributed by atoms with van der Waals surface area (Å²) in [6.45, 7) is 11.2. The molecule has 0 saturated heterocycles. The van der Waals surface area contributed by atoms with Crippen LogP contribution in [0.4, 0.5) is 0 Å². The van der Waals surface area contributed by atoms with Crippen molar-refractivity contribution in [1.82, 2.24) is 0 Å². The Hall–Kier alpha value is -3.21. The van der Waals surface area contributed by atoms with Gasteiger partial charge in [0.25, 0.3) is 0 Å². The summed E-state index contributed by atoms with van der Waals surface area (Å²) in [5, 5.41) is 0. The van der Waals surface area contributed by atoms with E-state index in [9.17, 15) is 27.6 Å². The number of rotatable bonds is 14. The average Bonchev–Trinajstić information content (AvgIpc) is 2.81. The summed E-state index contributed by atoms with van der Waals surface area (Å²) in [5.41, 5.74) is 0.803. The predicted octanol–water partition coefficient (Wildman–Crippen LogP) is 2.77. The first-order valence-electron chi connectivity index (χ1n) is 11.6. The van der Waals surface area contributed by atoms with E-state index in [0.29, 0.717) is 0 Å². The second kappa shape index (κ2) is 14.4. The predicted molar refractivity (Wildman–Crippen MR) is 129 cm³/mol. The van der Waals surface area contributed by atoms with Crippen LogP contribution in [-0.4, -0.2) is 58.7 Å². The third-order valence-corrected chi connectivity index (χ3v) is 7.09. The highest BCUT2D eigenvalue weighted by Crippen LogP contribution is 2.36. The van der Waals surface area contributed by atoms with Crippen LogP contribution < -0.4 is 0 Å². The molecule has 10 nitrogen and oxygen atoms in total. The summed E-state index contributed by atoms with van der Waals surface area (Å²) in [4.78, 5) is 50.4. The highest BCUT2D eigenvalue weighted by molar-refractivity contribution is 7.95. The summed E-state index contributed by atoms with van der Waals surface area (Å²) in [7, 11) is -4.33. The molecular weight excluding hydrogens is 492 g/mol. The fraction of sp³-hybridized carbons (Fsp3) is 0.520. The van der Waals surface area contributed by atoms with Gasteiger partial charge in [0.2, 0.25) is 9.84 Å². The molecule has 200 valence electrons. The lowest BCUT2D eigenvalue weighted by atomic mass is 9.83. The minimum atomic E-state index is -4.33. The van der Waals surface area contributed by atoms with E-state index in [1.54, 1.807) is 19.1 Å². The number of sulfone groups is 1. The second-order valence-electron chi connectivity index (χ2n) is 7.66. The number of hydrogen-bond acceptors (Lipinski definition) is 10. The molecule has 36 heavy (non-hydrogen) atoms. The molecule has 11 heteroatoms. The zero-order chi connectivity index (χ0) is 27.5. The molecule has 1 atom stereocenters. The van der Waals surface area contributed by atoms with Crippen LogP contribution in [0, 0.1) is 24.7 Å². The standard InChI is InChI=1S/C25H34O10S/c1-7-32-22(26)20(23(27)33-8-2)15-19(21(24(28)34-9-3)25(29)35-10-4)17(6)36(30,31)18-13-11-16(5)12-14-18/h11-14,19-21H,6-10,15H2,1-5H3. The van der Waals surface area contributed by atoms with E-state index in [1.807, 2.05) is 0 Å².